The van der Waals surface area contributed by atoms with E-state index in [2.05, 4.69) is 6.58 Å². The second kappa shape index (κ2) is 5.33. The highest BCUT2D eigenvalue weighted by Crippen LogP contribution is 2.10. The molecule has 0 spiro atoms. The molecule has 0 radical (unpaired) electrons. The Kier molecular flexibility index (Phi) is 5.16. The summed E-state index contributed by atoms with van der Waals surface area (Å²) in [6.45, 7) is 5.61. The largest absolute Gasteiger partial charge is 0.381 e. The first kappa shape index (κ1) is 10.7. The molecule has 0 saturated heterocycles. The summed E-state index contributed by atoms with van der Waals surface area (Å²) in [5.74, 6) is 0. The highest BCUT2D eigenvalue weighted by Gasteiger charge is 2.10. The van der Waals surface area contributed by atoms with Crippen molar-refractivity contribution in [3.63, 3.8) is 0 Å². The lowest BCUT2D eigenvalue weighted by molar-refractivity contribution is -0.113. The van der Waals surface area contributed by atoms with E-state index < -0.39 is 0 Å². The summed E-state index contributed by atoms with van der Waals surface area (Å²) in [6, 6.07) is 0. The van der Waals surface area contributed by atoms with Crippen molar-refractivity contribution in [3.8, 4) is 0 Å². The van der Waals surface area contributed by atoms with Gasteiger partial charge >= 0.3 is 0 Å². The quantitative estimate of drug-likeness (QED) is 0.474. The minimum Gasteiger partial charge on any atom is -0.381 e. The number of methoxy groups -OCH3 is 1. The van der Waals surface area contributed by atoms with Crippen LogP contribution in [0.15, 0.2) is 12.2 Å². The van der Waals surface area contributed by atoms with Gasteiger partial charge in [0.05, 0.1) is 6.10 Å². The second-order valence-corrected chi connectivity index (χ2v) is 3.00. The standard InChI is InChI=1S/C8H13ClO2/c1-6(2)4-7(11-3)5-8(9)10/h7H,1,4-5H2,2-3H3. The molecule has 0 aromatic rings. The average molecular weight is 177 g/mol. The van der Waals surface area contributed by atoms with E-state index in [1.54, 1.807) is 7.11 Å². The molecule has 0 fully saturated rings. The minimum absolute atomic E-state index is 0.113. The fraction of sp³-hybridized carbons (Fsp3) is 0.625. The Hall–Kier alpha value is -0.340. The number of halogens is 1. The van der Waals surface area contributed by atoms with Crippen LogP contribution in [0.1, 0.15) is 19.8 Å². The van der Waals surface area contributed by atoms with Gasteiger partial charge < -0.3 is 4.74 Å². The molecule has 0 aliphatic rings. The van der Waals surface area contributed by atoms with E-state index in [1.165, 1.54) is 0 Å². The molecule has 2 nitrogen and oxygen atoms in total. The Bertz CT molecular complexity index is 138. The maximum atomic E-state index is 10.5. The molecule has 3 heteroatoms. The molecule has 0 aliphatic heterocycles. The number of carbonyl (C=O) groups excluding carboxylic acids is 1. The highest BCUT2D eigenvalue weighted by molar-refractivity contribution is 6.63. The Morgan fingerprint density at radius 3 is 2.45 bits per heavy atom. The van der Waals surface area contributed by atoms with E-state index in [0.29, 0.717) is 6.42 Å². The molecule has 0 N–H and O–H groups in total. The van der Waals surface area contributed by atoms with Crippen LogP contribution in [0.4, 0.5) is 0 Å². The molecule has 0 rings (SSSR count). The van der Waals surface area contributed by atoms with Crippen molar-refractivity contribution in [2.75, 3.05) is 7.11 Å². The molecule has 0 saturated carbocycles. The van der Waals surface area contributed by atoms with Gasteiger partial charge in [-0.3, -0.25) is 4.79 Å². The summed E-state index contributed by atoms with van der Waals surface area (Å²) in [5, 5.41) is -0.363. The van der Waals surface area contributed by atoms with Crippen LogP contribution in [0.2, 0.25) is 0 Å². The number of rotatable bonds is 5. The van der Waals surface area contributed by atoms with Gasteiger partial charge in [0.1, 0.15) is 0 Å². The van der Waals surface area contributed by atoms with Crippen molar-refractivity contribution in [1.82, 2.24) is 0 Å². The highest BCUT2D eigenvalue weighted by atomic mass is 35.5. The van der Waals surface area contributed by atoms with Crippen LogP contribution in [-0.4, -0.2) is 18.5 Å². The zero-order valence-electron chi connectivity index (χ0n) is 6.89. The molecule has 0 bridgehead atoms. The Labute approximate surface area is 72.2 Å². The van der Waals surface area contributed by atoms with Crippen molar-refractivity contribution >= 4 is 16.8 Å². The van der Waals surface area contributed by atoms with Crippen molar-refractivity contribution in [2.24, 2.45) is 0 Å². The van der Waals surface area contributed by atoms with Crippen LogP contribution < -0.4 is 0 Å². The van der Waals surface area contributed by atoms with Gasteiger partial charge in [-0.25, -0.2) is 0 Å². The third-order valence-electron chi connectivity index (χ3n) is 1.30. The molecule has 0 amide bonds. The smallest absolute Gasteiger partial charge is 0.224 e. The molecule has 1 unspecified atom stereocenters. The van der Waals surface area contributed by atoms with E-state index in [-0.39, 0.29) is 17.8 Å². The molecule has 0 aromatic carbocycles. The van der Waals surface area contributed by atoms with E-state index in [0.717, 1.165) is 5.57 Å². The lowest BCUT2D eigenvalue weighted by Crippen LogP contribution is -2.13. The molecule has 0 aliphatic carbocycles. The summed E-state index contributed by atoms with van der Waals surface area (Å²) in [6.07, 6.45) is 0.831. The predicted molar refractivity (Wildman–Crippen MR) is 45.7 cm³/mol. The van der Waals surface area contributed by atoms with Crippen LogP contribution >= 0.6 is 11.6 Å². The third-order valence-corrected chi connectivity index (χ3v) is 1.45. The lowest BCUT2D eigenvalue weighted by atomic mass is 10.1. The van der Waals surface area contributed by atoms with E-state index >= 15 is 0 Å². The SMILES string of the molecule is C=C(C)CC(CC(=O)Cl)OC. The fourth-order valence-electron chi connectivity index (χ4n) is 0.806. The molecule has 1 atom stereocenters. The first-order valence-corrected chi connectivity index (χ1v) is 3.79. The second-order valence-electron chi connectivity index (χ2n) is 2.58. The van der Waals surface area contributed by atoms with Crippen molar-refractivity contribution in [1.29, 1.82) is 0 Å². The Balaban J connectivity index is 3.76. The van der Waals surface area contributed by atoms with E-state index in [1.807, 2.05) is 6.92 Å². The van der Waals surface area contributed by atoms with Gasteiger partial charge in [0, 0.05) is 13.5 Å². The van der Waals surface area contributed by atoms with Gasteiger partial charge in [0.15, 0.2) is 0 Å². The number of hydrogen-bond donors (Lipinski definition) is 0. The van der Waals surface area contributed by atoms with E-state index in [9.17, 15) is 4.79 Å². The lowest BCUT2D eigenvalue weighted by Gasteiger charge is -2.11. The Morgan fingerprint density at radius 2 is 2.18 bits per heavy atom. The maximum Gasteiger partial charge on any atom is 0.224 e. The topological polar surface area (TPSA) is 26.3 Å². The number of hydrogen-bond acceptors (Lipinski definition) is 2. The average Bonchev–Trinajstić information content (AvgIpc) is 1.84. The van der Waals surface area contributed by atoms with Crippen LogP contribution in [0.25, 0.3) is 0 Å². The van der Waals surface area contributed by atoms with Crippen LogP contribution in [0, 0.1) is 0 Å². The molecule has 64 valence electrons. The number of carbonyl (C=O) groups is 1. The van der Waals surface area contributed by atoms with Crippen molar-refractivity contribution in [2.45, 2.75) is 25.9 Å². The normalized spacial score (nSPS) is 12.6. The first-order valence-electron chi connectivity index (χ1n) is 3.41. The zero-order chi connectivity index (χ0) is 8.85. The van der Waals surface area contributed by atoms with Gasteiger partial charge in [-0.05, 0) is 24.9 Å². The Morgan fingerprint density at radius 1 is 1.64 bits per heavy atom. The zero-order valence-corrected chi connectivity index (χ0v) is 7.65. The van der Waals surface area contributed by atoms with Crippen LogP contribution in [0.5, 0.6) is 0 Å². The molecular weight excluding hydrogens is 164 g/mol. The summed E-state index contributed by atoms with van der Waals surface area (Å²) in [5.41, 5.74) is 0.995. The minimum atomic E-state index is -0.363. The molecule has 11 heavy (non-hydrogen) atoms. The fourth-order valence-corrected chi connectivity index (χ4v) is 0.979. The van der Waals surface area contributed by atoms with Crippen LogP contribution in [-0.2, 0) is 9.53 Å². The van der Waals surface area contributed by atoms with Crippen molar-refractivity contribution in [3.05, 3.63) is 12.2 Å². The van der Waals surface area contributed by atoms with E-state index in [4.69, 9.17) is 16.3 Å². The first-order chi connectivity index (χ1) is 5.06. The van der Waals surface area contributed by atoms with Gasteiger partial charge in [-0.2, -0.15) is 0 Å². The van der Waals surface area contributed by atoms with Gasteiger partial charge in [-0.1, -0.05) is 5.57 Å². The summed E-state index contributed by atoms with van der Waals surface area (Å²) in [4.78, 5) is 10.5. The number of ether oxygens (including phenoxy) is 1. The van der Waals surface area contributed by atoms with Crippen LogP contribution in [0.3, 0.4) is 0 Å². The predicted octanol–water partition coefficient (Wildman–Crippen LogP) is 2.12. The summed E-state index contributed by atoms with van der Waals surface area (Å²) < 4.78 is 5.01. The molecular formula is C8H13ClO2. The van der Waals surface area contributed by atoms with Gasteiger partial charge in [-0.15, -0.1) is 6.58 Å². The maximum absolute atomic E-state index is 10.5. The van der Waals surface area contributed by atoms with Gasteiger partial charge in [0.2, 0.25) is 5.24 Å². The summed E-state index contributed by atoms with van der Waals surface area (Å²) >= 11 is 5.19. The van der Waals surface area contributed by atoms with Crippen molar-refractivity contribution < 1.29 is 9.53 Å². The third kappa shape index (κ3) is 6.07. The monoisotopic (exact) mass is 176 g/mol. The van der Waals surface area contributed by atoms with Gasteiger partial charge in [0.25, 0.3) is 0 Å². The molecule has 0 heterocycles. The molecule has 0 aromatic heterocycles. The summed E-state index contributed by atoms with van der Waals surface area (Å²) in [7, 11) is 1.56.